The molecule has 1 atom stereocenters. The third-order valence-electron chi connectivity index (χ3n) is 2.23. The van der Waals surface area contributed by atoms with Gasteiger partial charge in [-0.25, -0.2) is 5.21 Å². The summed E-state index contributed by atoms with van der Waals surface area (Å²) in [4.78, 5) is 22.4. The lowest BCUT2D eigenvalue weighted by atomic mass is 10.0. The van der Waals surface area contributed by atoms with Gasteiger partial charge in [0.05, 0.1) is 5.57 Å². The van der Waals surface area contributed by atoms with Crippen molar-refractivity contribution in [2.45, 2.75) is 13.8 Å². The summed E-state index contributed by atoms with van der Waals surface area (Å²) in [7, 11) is 0. The van der Waals surface area contributed by atoms with E-state index in [0.29, 0.717) is 5.56 Å². The number of carbonyl (C=O) groups excluding carboxylic acids is 2. The zero-order valence-electron chi connectivity index (χ0n) is 9.56. The van der Waals surface area contributed by atoms with Crippen LogP contribution in [-0.2, 0) is 9.59 Å². The van der Waals surface area contributed by atoms with Crippen molar-refractivity contribution in [2.75, 3.05) is 0 Å². The second-order valence-corrected chi connectivity index (χ2v) is 3.60. The van der Waals surface area contributed by atoms with Gasteiger partial charge >= 0.3 is 0 Å². The highest BCUT2D eigenvalue weighted by molar-refractivity contribution is 6.21. The van der Waals surface area contributed by atoms with Crippen molar-refractivity contribution >= 4 is 23.3 Å². The molecule has 17 heavy (non-hydrogen) atoms. The predicted octanol–water partition coefficient (Wildman–Crippen LogP) is 0.651. The molecular formula is C12H13NO4. The number of allylic oxidation sites excluding steroid dienone is 1. The van der Waals surface area contributed by atoms with Gasteiger partial charge in [-0.1, -0.05) is 0 Å². The molecule has 5 heteroatoms. The molecule has 1 aromatic rings. The van der Waals surface area contributed by atoms with Crippen LogP contribution in [0.1, 0.15) is 19.4 Å². The molecule has 0 heterocycles. The lowest BCUT2D eigenvalue weighted by Crippen LogP contribution is -2.99. The van der Waals surface area contributed by atoms with Crippen molar-refractivity contribution in [3.8, 4) is 0 Å². The summed E-state index contributed by atoms with van der Waals surface area (Å²) in [6, 6.07) is 5.95. The first kappa shape index (κ1) is 13.2. The molecule has 90 valence electrons. The van der Waals surface area contributed by atoms with Gasteiger partial charge in [0.2, 0.25) is 0 Å². The molecule has 1 aromatic carbocycles. The van der Waals surface area contributed by atoms with Gasteiger partial charge in [0.15, 0.2) is 17.3 Å². The maximum atomic E-state index is 11.2. The lowest BCUT2D eigenvalue weighted by molar-refractivity contribution is -0.991. The molecule has 0 bridgehead atoms. The van der Waals surface area contributed by atoms with Gasteiger partial charge in [-0.2, -0.15) is 5.23 Å². The van der Waals surface area contributed by atoms with E-state index in [1.165, 1.54) is 32.1 Å². The number of Topliss-reactive ketones (excluding diaryl/α,β-unsaturated/α-hetero) is 2. The number of hydrogen-bond donors (Lipinski definition) is 2. The van der Waals surface area contributed by atoms with E-state index in [9.17, 15) is 14.8 Å². The Hall–Kier alpha value is -1.82. The summed E-state index contributed by atoms with van der Waals surface area (Å²) in [5.41, 5.74) is 0.887. The molecule has 0 aliphatic rings. The molecule has 0 saturated heterocycles. The minimum absolute atomic E-state index is 0.105. The van der Waals surface area contributed by atoms with Crippen molar-refractivity contribution in [1.29, 1.82) is 0 Å². The van der Waals surface area contributed by atoms with Crippen LogP contribution < -0.4 is 5.23 Å². The summed E-state index contributed by atoms with van der Waals surface area (Å²) in [5, 5.41) is 18.3. The van der Waals surface area contributed by atoms with Crippen LogP contribution in [0.4, 0.5) is 5.69 Å². The average molecular weight is 235 g/mol. The fourth-order valence-corrected chi connectivity index (χ4v) is 1.34. The van der Waals surface area contributed by atoms with Crippen LogP contribution in [0.3, 0.4) is 0 Å². The van der Waals surface area contributed by atoms with Crippen molar-refractivity contribution in [3.05, 3.63) is 40.6 Å². The quantitative estimate of drug-likeness (QED) is 0.347. The molecule has 1 rings (SSSR count). The van der Waals surface area contributed by atoms with E-state index in [-0.39, 0.29) is 22.8 Å². The summed E-state index contributed by atoms with van der Waals surface area (Å²) in [6.07, 6.45) is 1.45. The Kier molecular flexibility index (Phi) is 4.28. The van der Waals surface area contributed by atoms with Gasteiger partial charge in [-0.05, 0) is 37.6 Å². The first-order valence-electron chi connectivity index (χ1n) is 4.98. The first-order chi connectivity index (χ1) is 7.91. The minimum atomic E-state index is -1.01. The van der Waals surface area contributed by atoms with Gasteiger partial charge < -0.3 is 5.21 Å². The zero-order chi connectivity index (χ0) is 13.0. The van der Waals surface area contributed by atoms with Gasteiger partial charge in [0.25, 0.3) is 0 Å². The SMILES string of the molecule is CC(=O)C(=Cc1ccc([NH+]([O-])O)cc1)C(C)=O. The fraction of sp³-hybridized carbons (Fsp3) is 0.167. The highest BCUT2D eigenvalue weighted by Crippen LogP contribution is 2.11. The number of quaternary nitrogens is 1. The van der Waals surface area contributed by atoms with Crippen LogP contribution in [0.5, 0.6) is 0 Å². The van der Waals surface area contributed by atoms with Crippen molar-refractivity contribution in [3.63, 3.8) is 0 Å². The van der Waals surface area contributed by atoms with Crippen LogP contribution in [-0.4, -0.2) is 16.8 Å². The Morgan fingerprint density at radius 2 is 1.65 bits per heavy atom. The molecular weight excluding hydrogens is 222 g/mol. The maximum absolute atomic E-state index is 11.2. The van der Waals surface area contributed by atoms with E-state index < -0.39 is 5.23 Å². The topological polar surface area (TPSA) is 81.9 Å². The van der Waals surface area contributed by atoms with E-state index >= 15 is 0 Å². The largest absolute Gasteiger partial charge is 0.595 e. The molecule has 1 unspecified atom stereocenters. The zero-order valence-corrected chi connectivity index (χ0v) is 9.56. The monoisotopic (exact) mass is 235 g/mol. The van der Waals surface area contributed by atoms with Gasteiger partial charge in [-0.3, -0.25) is 9.59 Å². The minimum Gasteiger partial charge on any atom is -0.595 e. The van der Waals surface area contributed by atoms with Crippen LogP contribution in [0, 0.1) is 5.21 Å². The number of benzene rings is 1. The lowest BCUT2D eigenvalue weighted by Gasteiger charge is -2.11. The van der Waals surface area contributed by atoms with Crippen molar-refractivity contribution in [1.82, 2.24) is 0 Å². The van der Waals surface area contributed by atoms with Crippen LogP contribution in [0.2, 0.25) is 0 Å². The molecule has 0 amide bonds. The molecule has 2 N–H and O–H groups in total. The Balaban J connectivity index is 3.05. The second kappa shape index (κ2) is 5.49. The summed E-state index contributed by atoms with van der Waals surface area (Å²) < 4.78 is 0. The van der Waals surface area contributed by atoms with Crippen LogP contribution in [0.15, 0.2) is 29.8 Å². The predicted molar refractivity (Wildman–Crippen MR) is 61.6 cm³/mol. The van der Waals surface area contributed by atoms with E-state index in [1.54, 1.807) is 12.1 Å². The number of hydrogen-bond acceptors (Lipinski definition) is 4. The van der Waals surface area contributed by atoms with Crippen LogP contribution in [0.25, 0.3) is 6.08 Å². The van der Waals surface area contributed by atoms with E-state index in [1.807, 2.05) is 0 Å². The maximum Gasteiger partial charge on any atom is 0.163 e. The third-order valence-corrected chi connectivity index (χ3v) is 2.23. The Bertz CT molecular complexity index is 444. The van der Waals surface area contributed by atoms with Gasteiger partial charge in [0, 0.05) is 12.1 Å². The number of ketones is 2. The molecule has 5 nitrogen and oxygen atoms in total. The number of rotatable bonds is 4. The highest BCUT2D eigenvalue weighted by atomic mass is 16.8. The second-order valence-electron chi connectivity index (χ2n) is 3.60. The third kappa shape index (κ3) is 3.60. The number of nitrogens with one attached hydrogen (secondary N) is 1. The Morgan fingerprint density at radius 1 is 1.18 bits per heavy atom. The standard InChI is InChI=1S/C12H13NO4/c1-8(14)12(9(2)15)7-10-3-5-11(6-4-10)13(16)17/h3-7,13,16H,1-2H3. The molecule has 0 radical (unpaired) electrons. The fourth-order valence-electron chi connectivity index (χ4n) is 1.34. The first-order valence-corrected chi connectivity index (χ1v) is 4.98. The van der Waals surface area contributed by atoms with Gasteiger partial charge in [-0.15, -0.1) is 0 Å². The molecule has 0 aliphatic carbocycles. The summed E-state index contributed by atoms with van der Waals surface area (Å²) >= 11 is 0. The summed E-state index contributed by atoms with van der Waals surface area (Å²) in [6.45, 7) is 2.64. The van der Waals surface area contributed by atoms with Crippen molar-refractivity contribution < 1.29 is 20.0 Å². The molecule has 0 spiro atoms. The van der Waals surface area contributed by atoms with E-state index in [4.69, 9.17) is 5.21 Å². The normalized spacial score (nSPS) is 11.8. The average Bonchev–Trinajstić information content (AvgIpc) is 2.25. The molecule has 0 saturated carbocycles. The Labute approximate surface area is 98.5 Å². The molecule has 0 aliphatic heterocycles. The molecule has 0 aromatic heterocycles. The van der Waals surface area contributed by atoms with E-state index in [2.05, 4.69) is 0 Å². The summed E-state index contributed by atoms with van der Waals surface area (Å²) in [5.74, 6) is -0.611. The highest BCUT2D eigenvalue weighted by Gasteiger charge is 2.09. The van der Waals surface area contributed by atoms with E-state index in [0.717, 1.165) is 0 Å². The van der Waals surface area contributed by atoms with Crippen LogP contribution >= 0.6 is 0 Å². The smallest absolute Gasteiger partial charge is 0.163 e. The number of carbonyl (C=O) groups is 2. The van der Waals surface area contributed by atoms with Crippen molar-refractivity contribution in [2.24, 2.45) is 0 Å². The molecule has 0 fully saturated rings. The Morgan fingerprint density at radius 3 is 2.00 bits per heavy atom. The van der Waals surface area contributed by atoms with Gasteiger partial charge in [0.1, 0.15) is 0 Å².